The molecule has 0 amide bonds. The summed E-state index contributed by atoms with van der Waals surface area (Å²) in [5, 5.41) is 3.31. The van der Waals surface area contributed by atoms with Gasteiger partial charge in [-0.15, -0.1) is 0 Å². The first-order chi connectivity index (χ1) is 10.2. The van der Waals surface area contributed by atoms with Gasteiger partial charge in [0.2, 0.25) is 0 Å². The van der Waals surface area contributed by atoms with Crippen LogP contribution >= 0.6 is 0 Å². The molecule has 0 saturated heterocycles. The predicted octanol–water partition coefficient (Wildman–Crippen LogP) is 2.53. The Balaban J connectivity index is 2.33. The van der Waals surface area contributed by atoms with E-state index in [0.717, 1.165) is 38.5 Å². The van der Waals surface area contributed by atoms with Crippen LogP contribution in [0.25, 0.3) is 0 Å². The van der Waals surface area contributed by atoms with E-state index in [0.29, 0.717) is 12.6 Å². The average molecular weight is 294 g/mol. The summed E-state index contributed by atoms with van der Waals surface area (Å²) >= 11 is 0. The van der Waals surface area contributed by atoms with E-state index in [1.165, 1.54) is 5.56 Å². The van der Waals surface area contributed by atoms with Crippen LogP contribution in [0.4, 0.5) is 0 Å². The molecule has 0 aromatic heterocycles. The van der Waals surface area contributed by atoms with E-state index in [1.807, 2.05) is 12.1 Å². The predicted molar refractivity (Wildman–Crippen MR) is 87.9 cm³/mol. The Morgan fingerprint density at radius 1 is 1.10 bits per heavy atom. The van der Waals surface area contributed by atoms with Gasteiger partial charge in [0, 0.05) is 32.8 Å². The summed E-state index contributed by atoms with van der Waals surface area (Å²) in [7, 11) is 1.74. The molecule has 0 aliphatic heterocycles. The van der Waals surface area contributed by atoms with Crippen LogP contribution in [0.3, 0.4) is 0 Å². The summed E-state index contributed by atoms with van der Waals surface area (Å²) in [6, 6.07) is 8.82. The van der Waals surface area contributed by atoms with Crippen molar-refractivity contribution in [1.82, 2.24) is 10.2 Å². The maximum Gasteiger partial charge on any atom is 0.119 e. The second-order valence-electron chi connectivity index (χ2n) is 5.40. The van der Waals surface area contributed by atoms with E-state index in [2.05, 4.69) is 43.1 Å². The van der Waals surface area contributed by atoms with Gasteiger partial charge in [-0.25, -0.2) is 0 Å². The van der Waals surface area contributed by atoms with Crippen molar-refractivity contribution in [3.8, 4) is 5.75 Å². The molecule has 0 radical (unpaired) electrons. The zero-order valence-corrected chi connectivity index (χ0v) is 13.9. The third-order valence-corrected chi connectivity index (χ3v) is 3.46. The van der Waals surface area contributed by atoms with Gasteiger partial charge in [-0.3, -0.25) is 4.90 Å². The third kappa shape index (κ3) is 7.46. The quantitative estimate of drug-likeness (QED) is 0.680. The molecule has 1 rings (SSSR count). The molecule has 0 fully saturated rings. The van der Waals surface area contributed by atoms with Crippen LogP contribution in [0.15, 0.2) is 24.3 Å². The Morgan fingerprint density at radius 2 is 1.76 bits per heavy atom. The van der Waals surface area contributed by atoms with Crippen molar-refractivity contribution in [2.24, 2.45) is 0 Å². The number of methoxy groups -OCH3 is 1. The Morgan fingerprint density at radius 3 is 2.33 bits per heavy atom. The van der Waals surface area contributed by atoms with Gasteiger partial charge in [0.15, 0.2) is 0 Å². The van der Waals surface area contributed by atoms with Crippen molar-refractivity contribution >= 4 is 0 Å². The smallest absolute Gasteiger partial charge is 0.119 e. The van der Waals surface area contributed by atoms with Gasteiger partial charge < -0.3 is 14.8 Å². The molecule has 21 heavy (non-hydrogen) atoms. The Kier molecular flexibility index (Phi) is 9.06. The van der Waals surface area contributed by atoms with Crippen molar-refractivity contribution in [3.05, 3.63) is 29.8 Å². The largest absolute Gasteiger partial charge is 0.492 e. The topological polar surface area (TPSA) is 33.7 Å². The molecule has 0 atom stereocenters. The highest BCUT2D eigenvalue weighted by Gasteiger charge is 2.08. The molecule has 0 aliphatic rings. The standard InChI is InChI=1S/C17H30N2O2/c1-5-18-14-16-6-8-17(9-7-16)21-13-11-19(15(2)3)10-12-20-4/h6-9,15,18H,5,10-14H2,1-4H3. The van der Waals surface area contributed by atoms with Crippen LogP contribution in [0.5, 0.6) is 5.75 Å². The molecule has 4 heteroatoms. The number of rotatable bonds is 11. The second-order valence-corrected chi connectivity index (χ2v) is 5.40. The van der Waals surface area contributed by atoms with Crippen LogP contribution in [0.2, 0.25) is 0 Å². The maximum absolute atomic E-state index is 5.82. The Labute approximate surface area is 129 Å². The van der Waals surface area contributed by atoms with Gasteiger partial charge in [-0.1, -0.05) is 19.1 Å². The van der Waals surface area contributed by atoms with Gasteiger partial charge in [0.05, 0.1) is 6.61 Å². The van der Waals surface area contributed by atoms with Crippen molar-refractivity contribution in [2.45, 2.75) is 33.4 Å². The SMILES string of the molecule is CCNCc1ccc(OCCN(CCOC)C(C)C)cc1. The first-order valence-electron chi connectivity index (χ1n) is 7.82. The fourth-order valence-electron chi connectivity index (χ4n) is 2.09. The number of hydrogen-bond acceptors (Lipinski definition) is 4. The minimum atomic E-state index is 0.506. The molecule has 1 aromatic rings. The lowest BCUT2D eigenvalue weighted by molar-refractivity contribution is 0.116. The maximum atomic E-state index is 5.82. The van der Waals surface area contributed by atoms with E-state index >= 15 is 0 Å². The number of benzene rings is 1. The lowest BCUT2D eigenvalue weighted by atomic mass is 10.2. The van der Waals surface area contributed by atoms with Gasteiger partial charge in [0.1, 0.15) is 12.4 Å². The van der Waals surface area contributed by atoms with Crippen molar-refractivity contribution in [3.63, 3.8) is 0 Å². The van der Waals surface area contributed by atoms with Gasteiger partial charge in [0.25, 0.3) is 0 Å². The molecule has 0 bridgehead atoms. The van der Waals surface area contributed by atoms with Crippen LogP contribution < -0.4 is 10.1 Å². The van der Waals surface area contributed by atoms with Gasteiger partial charge >= 0.3 is 0 Å². The van der Waals surface area contributed by atoms with Gasteiger partial charge in [-0.2, -0.15) is 0 Å². The van der Waals surface area contributed by atoms with E-state index in [1.54, 1.807) is 7.11 Å². The molecular formula is C17H30N2O2. The fraction of sp³-hybridized carbons (Fsp3) is 0.647. The Bertz CT molecular complexity index is 366. The lowest BCUT2D eigenvalue weighted by Crippen LogP contribution is -2.37. The summed E-state index contributed by atoms with van der Waals surface area (Å²) in [6.45, 7) is 11.7. The molecule has 0 spiro atoms. The normalized spacial score (nSPS) is 11.3. The molecular weight excluding hydrogens is 264 g/mol. The first-order valence-corrected chi connectivity index (χ1v) is 7.82. The van der Waals surface area contributed by atoms with Crippen molar-refractivity contribution < 1.29 is 9.47 Å². The molecule has 1 aromatic carbocycles. The summed E-state index contributed by atoms with van der Waals surface area (Å²) in [5.41, 5.74) is 1.29. The molecule has 0 unspecified atom stereocenters. The average Bonchev–Trinajstić information content (AvgIpc) is 2.49. The summed E-state index contributed by atoms with van der Waals surface area (Å²) in [6.07, 6.45) is 0. The minimum absolute atomic E-state index is 0.506. The van der Waals surface area contributed by atoms with E-state index < -0.39 is 0 Å². The van der Waals surface area contributed by atoms with Crippen LogP contribution in [0.1, 0.15) is 26.3 Å². The first kappa shape index (κ1) is 18.0. The number of nitrogens with one attached hydrogen (secondary N) is 1. The van der Waals surface area contributed by atoms with E-state index in [4.69, 9.17) is 9.47 Å². The molecule has 4 nitrogen and oxygen atoms in total. The highest BCUT2D eigenvalue weighted by atomic mass is 16.5. The lowest BCUT2D eigenvalue weighted by Gasteiger charge is -2.25. The zero-order chi connectivity index (χ0) is 15.5. The van der Waals surface area contributed by atoms with Crippen LogP contribution in [-0.2, 0) is 11.3 Å². The summed E-state index contributed by atoms with van der Waals surface area (Å²) in [4.78, 5) is 2.36. The van der Waals surface area contributed by atoms with Crippen LogP contribution in [0, 0.1) is 0 Å². The van der Waals surface area contributed by atoms with E-state index in [-0.39, 0.29) is 0 Å². The molecule has 0 saturated carbocycles. The molecule has 1 N–H and O–H groups in total. The molecule has 0 aliphatic carbocycles. The summed E-state index contributed by atoms with van der Waals surface area (Å²) < 4.78 is 11.0. The third-order valence-electron chi connectivity index (χ3n) is 3.46. The highest BCUT2D eigenvalue weighted by Crippen LogP contribution is 2.12. The molecule has 120 valence electrons. The highest BCUT2D eigenvalue weighted by molar-refractivity contribution is 5.27. The van der Waals surface area contributed by atoms with Crippen LogP contribution in [-0.4, -0.2) is 50.9 Å². The molecule has 0 heterocycles. The van der Waals surface area contributed by atoms with Gasteiger partial charge in [-0.05, 0) is 38.1 Å². The minimum Gasteiger partial charge on any atom is -0.492 e. The number of hydrogen-bond donors (Lipinski definition) is 1. The second kappa shape index (κ2) is 10.6. The number of ether oxygens (including phenoxy) is 2. The monoisotopic (exact) mass is 294 g/mol. The summed E-state index contributed by atoms with van der Waals surface area (Å²) in [5.74, 6) is 0.936. The van der Waals surface area contributed by atoms with E-state index in [9.17, 15) is 0 Å². The number of nitrogens with zero attached hydrogens (tertiary/aromatic N) is 1. The van der Waals surface area contributed by atoms with Crippen molar-refractivity contribution in [2.75, 3.05) is 40.0 Å². The fourth-order valence-corrected chi connectivity index (χ4v) is 2.09. The zero-order valence-electron chi connectivity index (χ0n) is 13.9. The van der Waals surface area contributed by atoms with Crippen molar-refractivity contribution in [1.29, 1.82) is 0 Å². The Hall–Kier alpha value is -1.10.